The Morgan fingerprint density at radius 2 is 2.25 bits per heavy atom. The fraction of sp³-hybridized carbons (Fsp3) is 0.900. The van der Waals surface area contributed by atoms with Crippen LogP contribution in [0.25, 0.3) is 0 Å². The van der Waals surface area contributed by atoms with Crippen molar-refractivity contribution >= 4 is 5.91 Å². The standard InChI is InChI=1S/C10H18F2N2O2/c11-9(12)7-14(5-6-15)10(16)8-3-1-2-4-13-8/h8-9,13,15H,1-7H2/t8-/m0/s1. The van der Waals surface area contributed by atoms with Crippen molar-refractivity contribution in [3.63, 3.8) is 0 Å². The molecule has 0 bridgehead atoms. The van der Waals surface area contributed by atoms with E-state index in [0.29, 0.717) is 6.42 Å². The van der Waals surface area contributed by atoms with Gasteiger partial charge in [0.2, 0.25) is 5.91 Å². The van der Waals surface area contributed by atoms with Crippen molar-refractivity contribution in [1.82, 2.24) is 10.2 Å². The topological polar surface area (TPSA) is 52.6 Å². The number of piperidine rings is 1. The van der Waals surface area contributed by atoms with Gasteiger partial charge in [-0.25, -0.2) is 8.78 Å². The first-order valence-electron chi connectivity index (χ1n) is 5.56. The zero-order valence-electron chi connectivity index (χ0n) is 9.16. The van der Waals surface area contributed by atoms with E-state index < -0.39 is 13.0 Å². The number of carbonyl (C=O) groups is 1. The number of aliphatic hydroxyl groups is 1. The maximum Gasteiger partial charge on any atom is 0.255 e. The molecule has 0 aromatic heterocycles. The second kappa shape index (κ2) is 6.75. The normalized spacial score (nSPS) is 21.1. The van der Waals surface area contributed by atoms with Crippen LogP contribution in [0.1, 0.15) is 19.3 Å². The molecule has 0 saturated carbocycles. The van der Waals surface area contributed by atoms with Crippen LogP contribution in [0.2, 0.25) is 0 Å². The van der Waals surface area contributed by atoms with E-state index in [-0.39, 0.29) is 25.1 Å². The van der Waals surface area contributed by atoms with Crippen molar-refractivity contribution in [3.05, 3.63) is 0 Å². The van der Waals surface area contributed by atoms with E-state index >= 15 is 0 Å². The number of hydrogen-bond acceptors (Lipinski definition) is 3. The first-order chi connectivity index (χ1) is 7.65. The monoisotopic (exact) mass is 236 g/mol. The van der Waals surface area contributed by atoms with Gasteiger partial charge in [0.1, 0.15) is 0 Å². The molecule has 1 aliphatic heterocycles. The predicted octanol–water partition coefficient (Wildman–Crippen LogP) is 0.214. The van der Waals surface area contributed by atoms with Crippen LogP contribution in [0.4, 0.5) is 8.78 Å². The van der Waals surface area contributed by atoms with E-state index in [1.54, 1.807) is 0 Å². The minimum Gasteiger partial charge on any atom is -0.395 e. The number of alkyl halides is 2. The Kier molecular flexibility index (Phi) is 5.62. The summed E-state index contributed by atoms with van der Waals surface area (Å²) in [6.45, 7) is -0.165. The Balaban J connectivity index is 2.50. The molecule has 1 rings (SSSR count). The summed E-state index contributed by atoms with van der Waals surface area (Å²) in [5, 5.41) is 11.8. The van der Waals surface area contributed by atoms with Crippen molar-refractivity contribution in [2.75, 3.05) is 26.2 Å². The second-order valence-corrected chi connectivity index (χ2v) is 3.90. The van der Waals surface area contributed by atoms with Crippen molar-refractivity contribution in [3.8, 4) is 0 Å². The van der Waals surface area contributed by atoms with E-state index in [2.05, 4.69) is 5.32 Å². The largest absolute Gasteiger partial charge is 0.395 e. The molecule has 0 aromatic carbocycles. The molecule has 2 N–H and O–H groups in total. The van der Waals surface area contributed by atoms with Gasteiger partial charge in [0.25, 0.3) is 6.43 Å². The van der Waals surface area contributed by atoms with E-state index in [1.165, 1.54) is 0 Å². The number of nitrogens with zero attached hydrogens (tertiary/aromatic N) is 1. The molecule has 0 spiro atoms. The van der Waals surface area contributed by atoms with Gasteiger partial charge in [0.15, 0.2) is 0 Å². The van der Waals surface area contributed by atoms with Crippen LogP contribution in [0.3, 0.4) is 0 Å². The highest BCUT2D eigenvalue weighted by molar-refractivity contribution is 5.82. The summed E-state index contributed by atoms with van der Waals surface area (Å²) in [5.41, 5.74) is 0. The zero-order chi connectivity index (χ0) is 12.0. The van der Waals surface area contributed by atoms with Crippen molar-refractivity contribution < 1.29 is 18.7 Å². The number of nitrogens with one attached hydrogen (secondary N) is 1. The lowest BCUT2D eigenvalue weighted by Gasteiger charge is -2.29. The molecule has 94 valence electrons. The first-order valence-corrected chi connectivity index (χ1v) is 5.56. The third kappa shape index (κ3) is 4.02. The zero-order valence-corrected chi connectivity index (χ0v) is 9.16. The molecule has 16 heavy (non-hydrogen) atoms. The lowest BCUT2D eigenvalue weighted by atomic mass is 10.0. The van der Waals surface area contributed by atoms with Gasteiger partial charge in [-0.2, -0.15) is 0 Å². The average Bonchev–Trinajstić information content (AvgIpc) is 2.28. The van der Waals surface area contributed by atoms with Crippen LogP contribution in [0, 0.1) is 0 Å². The highest BCUT2D eigenvalue weighted by Gasteiger charge is 2.26. The van der Waals surface area contributed by atoms with E-state index in [4.69, 9.17) is 5.11 Å². The molecule has 0 unspecified atom stereocenters. The number of carbonyl (C=O) groups excluding carboxylic acids is 1. The highest BCUT2D eigenvalue weighted by Crippen LogP contribution is 2.10. The molecule has 1 heterocycles. The summed E-state index contributed by atoms with van der Waals surface area (Å²) < 4.78 is 24.5. The van der Waals surface area contributed by atoms with E-state index in [9.17, 15) is 13.6 Å². The van der Waals surface area contributed by atoms with E-state index in [0.717, 1.165) is 24.3 Å². The third-order valence-corrected chi connectivity index (χ3v) is 2.65. The molecule has 0 aromatic rings. The number of rotatable bonds is 5. The third-order valence-electron chi connectivity index (χ3n) is 2.65. The van der Waals surface area contributed by atoms with Crippen molar-refractivity contribution in [2.45, 2.75) is 31.7 Å². The van der Waals surface area contributed by atoms with Crippen LogP contribution in [0.15, 0.2) is 0 Å². The molecule has 1 aliphatic rings. The Hall–Kier alpha value is -0.750. The van der Waals surface area contributed by atoms with Gasteiger partial charge in [-0.1, -0.05) is 6.42 Å². The minimum atomic E-state index is -2.56. The van der Waals surface area contributed by atoms with Crippen LogP contribution < -0.4 is 5.32 Å². The molecule has 1 amide bonds. The summed E-state index contributed by atoms with van der Waals surface area (Å²) in [7, 11) is 0. The fourth-order valence-corrected chi connectivity index (χ4v) is 1.86. The molecule has 1 fully saturated rings. The van der Waals surface area contributed by atoms with E-state index in [1.807, 2.05) is 0 Å². The van der Waals surface area contributed by atoms with Gasteiger partial charge in [-0.3, -0.25) is 4.79 Å². The number of aliphatic hydroxyl groups excluding tert-OH is 1. The van der Waals surface area contributed by atoms with Gasteiger partial charge in [0, 0.05) is 6.54 Å². The molecule has 0 aliphatic carbocycles. The Morgan fingerprint density at radius 3 is 2.75 bits per heavy atom. The van der Waals surface area contributed by atoms with Crippen molar-refractivity contribution in [1.29, 1.82) is 0 Å². The van der Waals surface area contributed by atoms with Crippen LogP contribution in [-0.4, -0.2) is 54.6 Å². The molecule has 1 atom stereocenters. The average molecular weight is 236 g/mol. The predicted molar refractivity (Wildman–Crippen MR) is 55.3 cm³/mol. The lowest BCUT2D eigenvalue weighted by molar-refractivity contribution is -0.136. The fourth-order valence-electron chi connectivity index (χ4n) is 1.86. The Morgan fingerprint density at radius 1 is 1.50 bits per heavy atom. The smallest absolute Gasteiger partial charge is 0.255 e. The van der Waals surface area contributed by atoms with Gasteiger partial charge in [-0.05, 0) is 19.4 Å². The van der Waals surface area contributed by atoms with Gasteiger partial charge < -0.3 is 15.3 Å². The second-order valence-electron chi connectivity index (χ2n) is 3.90. The summed E-state index contributed by atoms with van der Waals surface area (Å²) in [4.78, 5) is 12.9. The number of hydrogen-bond donors (Lipinski definition) is 2. The van der Waals surface area contributed by atoms with Crippen molar-refractivity contribution in [2.24, 2.45) is 0 Å². The molecule has 0 radical (unpaired) electrons. The quantitative estimate of drug-likeness (QED) is 0.717. The van der Waals surface area contributed by atoms with Crippen LogP contribution >= 0.6 is 0 Å². The van der Waals surface area contributed by atoms with Gasteiger partial charge >= 0.3 is 0 Å². The van der Waals surface area contributed by atoms with Crippen LogP contribution in [0.5, 0.6) is 0 Å². The Labute approximate surface area is 93.6 Å². The maximum absolute atomic E-state index is 12.2. The lowest BCUT2D eigenvalue weighted by Crippen LogP contribution is -2.50. The summed E-state index contributed by atoms with van der Waals surface area (Å²) >= 11 is 0. The summed E-state index contributed by atoms with van der Waals surface area (Å²) in [6, 6.07) is -0.362. The molecular formula is C10H18F2N2O2. The van der Waals surface area contributed by atoms with Gasteiger partial charge in [-0.15, -0.1) is 0 Å². The molecular weight excluding hydrogens is 218 g/mol. The van der Waals surface area contributed by atoms with Gasteiger partial charge in [0.05, 0.1) is 19.2 Å². The summed E-state index contributed by atoms with van der Waals surface area (Å²) in [5.74, 6) is -0.325. The molecule has 4 nitrogen and oxygen atoms in total. The Bertz CT molecular complexity index is 221. The number of amides is 1. The minimum absolute atomic E-state index is 0.0264. The SMILES string of the molecule is O=C([C@@H]1CCCCN1)N(CCO)CC(F)F. The number of halogens is 2. The molecule has 6 heteroatoms. The van der Waals surface area contributed by atoms with Crippen LogP contribution in [-0.2, 0) is 4.79 Å². The summed E-state index contributed by atoms with van der Waals surface area (Å²) in [6.07, 6.45) is 0.0762. The first kappa shape index (κ1) is 13.3. The molecule has 1 saturated heterocycles. The highest BCUT2D eigenvalue weighted by atomic mass is 19.3. The maximum atomic E-state index is 12.2.